The Balaban J connectivity index is 1.86. The number of amides is 1. The third-order valence-electron chi connectivity index (χ3n) is 3.73. The van der Waals surface area contributed by atoms with Crippen LogP contribution in [0.15, 0.2) is 48.5 Å². The monoisotopic (exact) mass is 338 g/mol. The molecule has 1 heterocycles. The molecule has 0 bridgehead atoms. The summed E-state index contributed by atoms with van der Waals surface area (Å²) >= 11 is 0. The van der Waals surface area contributed by atoms with E-state index < -0.39 is 5.82 Å². The molecule has 0 saturated heterocycles. The van der Waals surface area contributed by atoms with Gasteiger partial charge in [0, 0.05) is 16.8 Å². The number of hydrogen-bond acceptors (Lipinski definition) is 3. The highest BCUT2D eigenvalue weighted by Crippen LogP contribution is 2.22. The van der Waals surface area contributed by atoms with Gasteiger partial charge in [-0.05, 0) is 61.9 Å². The fraction of sp³-hybridized carbons (Fsp3) is 0.200. The number of aryl methyl sites for hydroxylation is 1. The van der Waals surface area contributed by atoms with Gasteiger partial charge in [0.25, 0.3) is 5.91 Å². The molecule has 0 aliphatic heterocycles. The van der Waals surface area contributed by atoms with E-state index in [1.165, 1.54) is 12.1 Å². The van der Waals surface area contributed by atoms with Gasteiger partial charge in [0.05, 0.1) is 17.7 Å². The van der Waals surface area contributed by atoms with Crippen molar-refractivity contribution in [2.45, 2.75) is 20.3 Å². The molecule has 0 fully saturated rings. The Bertz CT molecular complexity index is 907. The molecule has 25 heavy (non-hydrogen) atoms. The molecule has 3 aromatic rings. The van der Waals surface area contributed by atoms with Crippen LogP contribution in [0, 0.1) is 12.7 Å². The van der Waals surface area contributed by atoms with Crippen LogP contribution in [-0.4, -0.2) is 17.5 Å². The lowest BCUT2D eigenvalue weighted by atomic mass is 10.1. The predicted octanol–water partition coefficient (Wildman–Crippen LogP) is 4.72. The van der Waals surface area contributed by atoms with Gasteiger partial charge in [-0.1, -0.05) is 6.92 Å². The summed E-state index contributed by atoms with van der Waals surface area (Å²) in [5.74, 6) is 0.0556. The van der Waals surface area contributed by atoms with E-state index in [4.69, 9.17) is 4.74 Å². The van der Waals surface area contributed by atoms with Crippen molar-refractivity contribution < 1.29 is 13.9 Å². The predicted molar refractivity (Wildman–Crippen MR) is 96.6 cm³/mol. The Morgan fingerprint density at radius 1 is 1.16 bits per heavy atom. The van der Waals surface area contributed by atoms with Crippen molar-refractivity contribution in [3.63, 3.8) is 0 Å². The van der Waals surface area contributed by atoms with Crippen molar-refractivity contribution in [2.75, 3.05) is 11.9 Å². The maximum atomic E-state index is 13.6. The zero-order valence-corrected chi connectivity index (χ0v) is 14.2. The van der Waals surface area contributed by atoms with Crippen molar-refractivity contribution >= 4 is 22.5 Å². The van der Waals surface area contributed by atoms with Crippen molar-refractivity contribution in [3.8, 4) is 5.75 Å². The highest BCUT2D eigenvalue weighted by Gasteiger charge is 2.13. The molecule has 5 heteroatoms. The molecule has 0 radical (unpaired) electrons. The zero-order chi connectivity index (χ0) is 17.8. The Hall–Kier alpha value is -2.95. The van der Waals surface area contributed by atoms with Crippen LogP contribution in [0.3, 0.4) is 0 Å². The van der Waals surface area contributed by atoms with Crippen molar-refractivity contribution in [2.24, 2.45) is 0 Å². The van der Waals surface area contributed by atoms with Crippen LogP contribution in [0.2, 0.25) is 0 Å². The van der Waals surface area contributed by atoms with E-state index in [1.807, 2.05) is 6.92 Å². The van der Waals surface area contributed by atoms with E-state index in [9.17, 15) is 9.18 Å². The Morgan fingerprint density at radius 3 is 2.64 bits per heavy atom. The number of benzene rings is 2. The number of anilines is 1. The number of halogens is 1. The highest BCUT2D eigenvalue weighted by molar-refractivity contribution is 6.12. The molecule has 128 valence electrons. The number of nitrogens with one attached hydrogen (secondary N) is 1. The molecule has 4 nitrogen and oxygen atoms in total. The maximum absolute atomic E-state index is 13.6. The number of pyridine rings is 1. The molecular formula is C20H19FN2O2. The van der Waals surface area contributed by atoms with E-state index in [-0.39, 0.29) is 5.91 Å². The van der Waals surface area contributed by atoms with Gasteiger partial charge < -0.3 is 10.1 Å². The third kappa shape index (κ3) is 3.94. The van der Waals surface area contributed by atoms with Crippen LogP contribution < -0.4 is 10.1 Å². The van der Waals surface area contributed by atoms with Gasteiger partial charge in [-0.2, -0.15) is 0 Å². The van der Waals surface area contributed by atoms with Crippen LogP contribution in [0.5, 0.6) is 5.75 Å². The SMILES string of the molecule is CCCOc1ccc(NC(=O)c2cc(C)nc3ccc(F)cc23)cc1. The molecule has 1 amide bonds. The molecule has 0 spiro atoms. The summed E-state index contributed by atoms with van der Waals surface area (Å²) in [6.45, 7) is 4.50. The average Bonchev–Trinajstić information content (AvgIpc) is 2.60. The number of hydrogen-bond donors (Lipinski definition) is 1. The molecule has 0 aliphatic rings. The number of nitrogens with zero attached hydrogens (tertiary/aromatic N) is 1. The van der Waals surface area contributed by atoms with Gasteiger partial charge in [0.2, 0.25) is 0 Å². The first kappa shape index (κ1) is 16.9. The molecule has 3 rings (SSSR count). The summed E-state index contributed by atoms with van der Waals surface area (Å²) in [5.41, 5.74) is 2.34. The van der Waals surface area contributed by atoms with E-state index >= 15 is 0 Å². The molecule has 0 unspecified atom stereocenters. The molecule has 2 aromatic carbocycles. The second kappa shape index (κ2) is 7.30. The lowest BCUT2D eigenvalue weighted by Gasteiger charge is -2.10. The Kier molecular flexibility index (Phi) is 4.93. The minimum absolute atomic E-state index is 0.302. The van der Waals surface area contributed by atoms with Crippen molar-refractivity contribution in [1.82, 2.24) is 4.98 Å². The topological polar surface area (TPSA) is 51.2 Å². The van der Waals surface area contributed by atoms with E-state index in [0.717, 1.165) is 12.2 Å². The molecule has 0 aliphatic carbocycles. The van der Waals surface area contributed by atoms with Gasteiger partial charge in [-0.3, -0.25) is 9.78 Å². The molecule has 0 atom stereocenters. The minimum atomic E-state index is -0.398. The normalized spacial score (nSPS) is 10.7. The Morgan fingerprint density at radius 2 is 1.92 bits per heavy atom. The zero-order valence-electron chi connectivity index (χ0n) is 14.2. The van der Waals surface area contributed by atoms with Crippen LogP contribution in [0.1, 0.15) is 29.4 Å². The first-order chi connectivity index (χ1) is 12.1. The minimum Gasteiger partial charge on any atom is -0.494 e. The van der Waals surface area contributed by atoms with Crippen molar-refractivity contribution in [3.05, 3.63) is 65.6 Å². The lowest BCUT2D eigenvalue weighted by Crippen LogP contribution is -2.13. The van der Waals surface area contributed by atoms with Crippen LogP contribution in [0.25, 0.3) is 10.9 Å². The van der Waals surface area contributed by atoms with E-state index in [2.05, 4.69) is 10.3 Å². The van der Waals surface area contributed by atoms with E-state index in [1.54, 1.807) is 43.3 Å². The average molecular weight is 338 g/mol. The summed E-state index contributed by atoms with van der Waals surface area (Å²) in [5, 5.41) is 3.33. The number of aromatic nitrogens is 1. The third-order valence-corrected chi connectivity index (χ3v) is 3.73. The first-order valence-electron chi connectivity index (χ1n) is 8.18. The molecular weight excluding hydrogens is 319 g/mol. The summed E-state index contributed by atoms with van der Waals surface area (Å²) in [4.78, 5) is 17.0. The maximum Gasteiger partial charge on any atom is 0.256 e. The molecule has 1 N–H and O–H groups in total. The number of carbonyl (C=O) groups excluding carboxylic acids is 1. The van der Waals surface area contributed by atoms with Gasteiger partial charge in [-0.25, -0.2) is 4.39 Å². The number of fused-ring (bicyclic) bond motifs is 1. The van der Waals surface area contributed by atoms with Gasteiger partial charge in [0.1, 0.15) is 11.6 Å². The smallest absolute Gasteiger partial charge is 0.256 e. The molecule has 1 aromatic heterocycles. The van der Waals surface area contributed by atoms with Gasteiger partial charge in [0.15, 0.2) is 0 Å². The number of carbonyl (C=O) groups is 1. The fourth-order valence-corrected chi connectivity index (χ4v) is 2.57. The molecule has 0 saturated carbocycles. The Labute approximate surface area is 145 Å². The largest absolute Gasteiger partial charge is 0.494 e. The number of ether oxygens (including phenoxy) is 1. The van der Waals surface area contributed by atoms with Gasteiger partial charge in [-0.15, -0.1) is 0 Å². The standard InChI is InChI=1S/C20H19FN2O2/c1-3-10-25-16-7-5-15(6-8-16)23-20(24)18-11-13(2)22-19-9-4-14(21)12-17(18)19/h4-9,11-12H,3,10H2,1-2H3,(H,23,24). The first-order valence-corrected chi connectivity index (χ1v) is 8.18. The number of rotatable bonds is 5. The summed E-state index contributed by atoms with van der Waals surface area (Å²) in [6, 6.07) is 13.1. The van der Waals surface area contributed by atoms with Crippen LogP contribution in [0.4, 0.5) is 10.1 Å². The lowest BCUT2D eigenvalue weighted by molar-refractivity contribution is 0.102. The summed E-state index contributed by atoms with van der Waals surface area (Å²) < 4.78 is 19.1. The summed E-state index contributed by atoms with van der Waals surface area (Å²) in [7, 11) is 0. The second-order valence-electron chi connectivity index (χ2n) is 5.80. The quantitative estimate of drug-likeness (QED) is 0.732. The highest BCUT2D eigenvalue weighted by atomic mass is 19.1. The second-order valence-corrected chi connectivity index (χ2v) is 5.80. The van der Waals surface area contributed by atoms with Crippen LogP contribution >= 0.6 is 0 Å². The van der Waals surface area contributed by atoms with Crippen molar-refractivity contribution in [1.29, 1.82) is 0 Å². The van der Waals surface area contributed by atoms with Gasteiger partial charge >= 0.3 is 0 Å². The van der Waals surface area contributed by atoms with Crippen LogP contribution in [-0.2, 0) is 0 Å². The summed E-state index contributed by atoms with van der Waals surface area (Å²) in [6.07, 6.45) is 0.934. The van der Waals surface area contributed by atoms with E-state index in [0.29, 0.717) is 34.5 Å². The fourth-order valence-electron chi connectivity index (χ4n) is 2.57.